The second-order valence-electron chi connectivity index (χ2n) is 8.41. The molecule has 2 aliphatic heterocycles. The monoisotopic (exact) mass is 409 g/mol. The number of benzene rings is 1. The number of anilines is 1. The van der Waals surface area contributed by atoms with Crippen molar-refractivity contribution in [3.8, 4) is 0 Å². The van der Waals surface area contributed by atoms with Gasteiger partial charge in [-0.25, -0.2) is 4.79 Å². The predicted molar refractivity (Wildman–Crippen MR) is 118 cm³/mol. The van der Waals surface area contributed by atoms with Crippen molar-refractivity contribution < 1.29 is 14.3 Å². The summed E-state index contributed by atoms with van der Waals surface area (Å²) in [5.74, 6) is -0.0270. The van der Waals surface area contributed by atoms with Crippen molar-refractivity contribution in [2.24, 2.45) is 0 Å². The summed E-state index contributed by atoms with van der Waals surface area (Å²) in [6.45, 7) is 8.82. The highest BCUT2D eigenvalue weighted by Gasteiger charge is 2.31. The number of hydrogen-bond donors (Lipinski definition) is 0. The first kappa shape index (κ1) is 20.6. The third kappa shape index (κ3) is 3.75. The fourth-order valence-corrected chi connectivity index (χ4v) is 4.81. The summed E-state index contributed by atoms with van der Waals surface area (Å²) in [6.07, 6.45) is 6.31. The van der Waals surface area contributed by atoms with Gasteiger partial charge in [-0.15, -0.1) is 0 Å². The van der Waals surface area contributed by atoms with Crippen molar-refractivity contribution in [3.05, 3.63) is 35.0 Å². The van der Waals surface area contributed by atoms with Gasteiger partial charge in [0.2, 0.25) is 5.91 Å². The van der Waals surface area contributed by atoms with Gasteiger partial charge in [0.1, 0.15) is 5.56 Å². The van der Waals surface area contributed by atoms with Crippen LogP contribution < -0.4 is 4.90 Å². The smallest absolute Gasteiger partial charge is 0.341 e. The molecule has 0 aliphatic carbocycles. The largest absolute Gasteiger partial charge is 0.462 e. The molecule has 6 heteroatoms. The summed E-state index contributed by atoms with van der Waals surface area (Å²) in [5.41, 5.74) is 4.71. The summed E-state index contributed by atoms with van der Waals surface area (Å²) >= 11 is 0. The molecule has 0 spiro atoms. The molecule has 30 heavy (non-hydrogen) atoms. The van der Waals surface area contributed by atoms with E-state index in [2.05, 4.69) is 40.8 Å². The van der Waals surface area contributed by atoms with Crippen LogP contribution >= 0.6 is 0 Å². The van der Waals surface area contributed by atoms with E-state index in [1.165, 1.54) is 5.56 Å². The summed E-state index contributed by atoms with van der Waals surface area (Å²) in [4.78, 5) is 34.1. The van der Waals surface area contributed by atoms with Crippen LogP contribution in [0.15, 0.2) is 18.3 Å². The molecule has 0 radical (unpaired) electrons. The Morgan fingerprint density at radius 2 is 1.93 bits per heavy atom. The summed E-state index contributed by atoms with van der Waals surface area (Å²) in [6, 6.07) is 4.47. The van der Waals surface area contributed by atoms with Gasteiger partial charge >= 0.3 is 5.97 Å². The number of aromatic nitrogens is 1. The number of fused-ring (bicyclic) bond motifs is 1. The third-order valence-electron chi connectivity index (χ3n) is 6.61. The van der Waals surface area contributed by atoms with E-state index < -0.39 is 0 Å². The molecule has 2 saturated heterocycles. The standard InChI is InChI=1S/C24H31N3O3/c1-4-30-24(29)20-15-25-22-17(3)16(2)8-9-19(22)23(20)26-13-10-18(11-14-26)27-12-6-5-7-21(27)28/h8-9,15,18H,4-7,10-14H2,1-3H3. The molecule has 2 aromatic rings. The van der Waals surface area contributed by atoms with Gasteiger partial charge < -0.3 is 14.5 Å². The molecule has 4 rings (SSSR count). The number of hydrogen-bond acceptors (Lipinski definition) is 5. The zero-order valence-corrected chi connectivity index (χ0v) is 18.2. The minimum atomic E-state index is -0.326. The number of aryl methyl sites for hydroxylation is 2. The number of carbonyl (C=O) groups excluding carboxylic acids is 2. The van der Waals surface area contributed by atoms with E-state index in [1.807, 2.05) is 6.92 Å². The van der Waals surface area contributed by atoms with E-state index in [9.17, 15) is 9.59 Å². The van der Waals surface area contributed by atoms with E-state index in [4.69, 9.17) is 4.74 Å². The first-order valence-corrected chi connectivity index (χ1v) is 11.1. The Morgan fingerprint density at radius 3 is 2.63 bits per heavy atom. The van der Waals surface area contributed by atoms with Gasteiger partial charge in [0, 0.05) is 43.7 Å². The molecule has 160 valence electrons. The Kier molecular flexibility index (Phi) is 5.93. The average Bonchev–Trinajstić information content (AvgIpc) is 2.76. The molecule has 2 aliphatic rings. The number of likely N-dealkylation sites (tertiary alicyclic amines) is 1. The normalized spacial score (nSPS) is 18.2. The first-order valence-electron chi connectivity index (χ1n) is 11.1. The number of nitrogens with zero attached hydrogens (tertiary/aromatic N) is 3. The molecular formula is C24H31N3O3. The lowest BCUT2D eigenvalue weighted by atomic mass is 9.96. The van der Waals surface area contributed by atoms with Crippen molar-refractivity contribution in [3.63, 3.8) is 0 Å². The van der Waals surface area contributed by atoms with Gasteiger partial charge in [-0.05, 0) is 57.6 Å². The van der Waals surface area contributed by atoms with Gasteiger partial charge in [-0.2, -0.15) is 0 Å². The molecule has 0 N–H and O–H groups in total. The Hall–Kier alpha value is -2.63. The molecule has 0 saturated carbocycles. The third-order valence-corrected chi connectivity index (χ3v) is 6.61. The topological polar surface area (TPSA) is 62.7 Å². The Morgan fingerprint density at radius 1 is 1.17 bits per heavy atom. The summed E-state index contributed by atoms with van der Waals surface area (Å²) < 4.78 is 5.33. The van der Waals surface area contributed by atoms with Crippen LogP contribution in [0.2, 0.25) is 0 Å². The zero-order chi connectivity index (χ0) is 21.3. The second kappa shape index (κ2) is 8.62. The lowest BCUT2D eigenvalue weighted by Gasteiger charge is -2.41. The maximum absolute atomic E-state index is 12.7. The van der Waals surface area contributed by atoms with Gasteiger partial charge in [-0.1, -0.05) is 12.1 Å². The molecular weight excluding hydrogens is 378 g/mol. The van der Waals surface area contributed by atoms with Crippen LogP contribution in [-0.2, 0) is 9.53 Å². The van der Waals surface area contributed by atoms with Crippen LogP contribution in [0.1, 0.15) is 60.5 Å². The van der Waals surface area contributed by atoms with E-state index in [1.54, 1.807) is 6.20 Å². The Balaban J connectivity index is 1.67. The van der Waals surface area contributed by atoms with Gasteiger partial charge in [0.05, 0.1) is 17.8 Å². The molecule has 1 amide bonds. The van der Waals surface area contributed by atoms with Crippen molar-refractivity contribution in [2.45, 2.75) is 58.9 Å². The van der Waals surface area contributed by atoms with Gasteiger partial charge in [-0.3, -0.25) is 9.78 Å². The minimum absolute atomic E-state index is 0.298. The van der Waals surface area contributed by atoms with Crippen molar-refractivity contribution in [2.75, 3.05) is 31.1 Å². The number of pyridine rings is 1. The predicted octanol–water partition coefficient (Wildman–Crippen LogP) is 4.01. The number of esters is 1. The highest BCUT2D eigenvalue weighted by molar-refractivity contribution is 6.06. The fraction of sp³-hybridized carbons (Fsp3) is 0.542. The van der Waals surface area contributed by atoms with Crippen LogP contribution in [0.3, 0.4) is 0 Å². The first-order chi connectivity index (χ1) is 14.5. The van der Waals surface area contributed by atoms with Crippen LogP contribution in [0.25, 0.3) is 10.9 Å². The minimum Gasteiger partial charge on any atom is -0.462 e. The number of rotatable bonds is 4. The highest BCUT2D eigenvalue weighted by atomic mass is 16.5. The van der Waals surface area contributed by atoms with Crippen molar-refractivity contribution in [1.29, 1.82) is 0 Å². The molecule has 0 atom stereocenters. The number of amides is 1. The highest BCUT2D eigenvalue weighted by Crippen LogP contribution is 2.35. The molecule has 1 aromatic heterocycles. The maximum atomic E-state index is 12.7. The SMILES string of the molecule is CCOC(=O)c1cnc2c(C)c(C)ccc2c1N1CCC(N2CCCCC2=O)CC1. The molecule has 1 aromatic carbocycles. The van der Waals surface area contributed by atoms with E-state index in [0.29, 0.717) is 30.5 Å². The van der Waals surface area contributed by atoms with Gasteiger partial charge in [0.25, 0.3) is 0 Å². The molecule has 2 fully saturated rings. The summed E-state index contributed by atoms with van der Waals surface area (Å²) in [7, 11) is 0. The molecule has 3 heterocycles. The number of ether oxygens (including phenoxy) is 1. The summed E-state index contributed by atoms with van der Waals surface area (Å²) in [5, 5.41) is 0.996. The van der Waals surface area contributed by atoms with Crippen LogP contribution in [0.4, 0.5) is 5.69 Å². The maximum Gasteiger partial charge on any atom is 0.341 e. The van der Waals surface area contributed by atoms with Crippen molar-refractivity contribution >= 4 is 28.5 Å². The quantitative estimate of drug-likeness (QED) is 0.714. The number of carbonyl (C=O) groups is 2. The Labute approximate surface area is 178 Å². The lowest BCUT2D eigenvalue weighted by Crippen LogP contribution is -2.49. The van der Waals surface area contributed by atoms with Crippen molar-refractivity contribution in [1.82, 2.24) is 9.88 Å². The van der Waals surface area contributed by atoms with E-state index in [-0.39, 0.29) is 5.97 Å². The van der Waals surface area contributed by atoms with Crippen LogP contribution in [0.5, 0.6) is 0 Å². The second-order valence-corrected chi connectivity index (χ2v) is 8.41. The number of piperidine rings is 2. The molecule has 6 nitrogen and oxygen atoms in total. The lowest BCUT2D eigenvalue weighted by molar-refractivity contribution is -0.136. The average molecular weight is 410 g/mol. The molecule has 0 unspecified atom stereocenters. The fourth-order valence-electron chi connectivity index (χ4n) is 4.81. The Bertz CT molecular complexity index is 964. The van der Waals surface area contributed by atoms with Crippen LogP contribution in [-0.4, -0.2) is 54.0 Å². The van der Waals surface area contributed by atoms with Crippen LogP contribution in [0, 0.1) is 13.8 Å². The van der Waals surface area contributed by atoms with E-state index in [0.717, 1.165) is 67.5 Å². The molecule has 0 bridgehead atoms. The zero-order valence-electron chi connectivity index (χ0n) is 18.2. The van der Waals surface area contributed by atoms with Gasteiger partial charge in [0.15, 0.2) is 0 Å². The van der Waals surface area contributed by atoms with E-state index >= 15 is 0 Å².